The monoisotopic (exact) mass is 142 g/mol. The molecule has 0 aliphatic heterocycles. The summed E-state index contributed by atoms with van der Waals surface area (Å²) in [7, 11) is 0. The van der Waals surface area contributed by atoms with E-state index in [4.69, 9.17) is 0 Å². The second kappa shape index (κ2) is 3.77. The lowest BCUT2D eigenvalue weighted by atomic mass is 9.89. The average molecular weight is 142 g/mol. The average Bonchev–Trinajstić information content (AvgIpc) is 1.84. The van der Waals surface area contributed by atoms with E-state index in [1.54, 1.807) is 0 Å². The first kappa shape index (κ1) is 9.70. The third kappa shape index (κ3) is 2.53. The lowest BCUT2D eigenvalue weighted by Gasteiger charge is -2.22. The van der Waals surface area contributed by atoms with Gasteiger partial charge in [-0.05, 0) is 18.8 Å². The van der Waals surface area contributed by atoms with Crippen LogP contribution in [-0.2, 0) is 0 Å². The molecule has 2 unspecified atom stereocenters. The number of rotatable bonds is 3. The molecule has 2 atom stereocenters. The van der Waals surface area contributed by atoms with Crippen molar-refractivity contribution in [2.75, 3.05) is 0 Å². The molecule has 1 N–H and O–H groups in total. The van der Waals surface area contributed by atoms with Crippen molar-refractivity contribution in [1.82, 2.24) is 0 Å². The van der Waals surface area contributed by atoms with E-state index in [2.05, 4.69) is 20.4 Å². The van der Waals surface area contributed by atoms with E-state index in [-0.39, 0.29) is 6.10 Å². The Balaban J connectivity index is 3.94. The third-order valence-electron chi connectivity index (χ3n) is 2.05. The molecule has 0 rings (SSSR count). The van der Waals surface area contributed by atoms with Crippen LogP contribution >= 0.6 is 0 Å². The van der Waals surface area contributed by atoms with Gasteiger partial charge < -0.3 is 5.11 Å². The van der Waals surface area contributed by atoms with Crippen LogP contribution in [0.25, 0.3) is 0 Å². The number of hydrogen-bond donors (Lipinski definition) is 1. The Hall–Kier alpha value is -0.300. The van der Waals surface area contributed by atoms with Crippen LogP contribution in [-0.4, -0.2) is 11.2 Å². The zero-order valence-electron chi connectivity index (χ0n) is 7.39. The standard InChI is InChI=1S/C9H18O/c1-6(2)8(5)9(10)7(3)4/h6,8-10H,3H2,1-2,4-5H3. The normalized spacial score (nSPS) is 17.0. The van der Waals surface area contributed by atoms with Gasteiger partial charge in [-0.3, -0.25) is 0 Å². The number of hydrogen-bond acceptors (Lipinski definition) is 1. The van der Waals surface area contributed by atoms with Crippen LogP contribution in [0.5, 0.6) is 0 Å². The molecule has 0 saturated carbocycles. The predicted octanol–water partition coefficient (Wildman–Crippen LogP) is 2.22. The first-order valence-electron chi connectivity index (χ1n) is 3.80. The summed E-state index contributed by atoms with van der Waals surface area (Å²) in [5.74, 6) is 0.837. The second-order valence-electron chi connectivity index (χ2n) is 3.39. The molecule has 0 aromatic rings. The highest BCUT2D eigenvalue weighted by molar-refractivity contribution is 4.99. The second-order valence-corrected chi connectivity index (χ2v) is 3.39. The van der Waals surface area contributed by atoms with Gasteiger partial charge in [0.15, 0.2) is 0 Å². The minimum Gasteiger partial charge on any atom is -0.388 e. The summed E-state index contributed by atoms with van der Waals surface area (Å²) < 4.78 is 0. The maximum Gasteiger partial charge on any atom is 0.0772 e. The van der Waals surface area contributed by atoms with Crippen LogP contribution in [0.3, 0.4) is 0 Å². The molecular weight excluding hydrogens is 124 g/mol. The van der Waals surface area contributed by atoms with Crippen LogP contribution < -0.4 is 0 Å². The van der Waals surface area contributed by atoms with Crippen molar-refractivity contribution in [3.05, 3.63) is 12.2 Å². The lowest BCUT2D eigenvalue weighted by Crippen LogP contribution is -2.22. The topological polar surface area (TPSA) is 20.2 Å². The molecule has 0 saturated heterocycles. The van der Waals surface area contributed by atoms with E-state index in [0.717, 1.165) is 5.57 Å². The minimum atomic E-state index is -0.333. The fraction of sp³-hybridized carbons (Fsp3) is 0.778. The van der Waals surface area contributed by atoms with Crippen molar-refractivity contribution >= 4 is 0 Å². The summed E-state index contributed by atoms with van der Waals surface area (Å²) in [6.07, 6.45) is -0.333. The van der Waals surface area contributed by atoms with E-state index in [1.165, 1.54) is 0 Å². The van der Waals surface area contributed by atoms with E-state index in [9.17, 15) is 5.11 Å². The Morgan fingerprint density at radius 2 is 1.70 bits per heavy atom. The van der Waals surface area contributed by atoms with Crippen molar-refractivity contribution in [3.8, 4) is 0 Å². The maximum atomic E-state index is 9.47. The molecule has 0 heterocycles. The first-order valence-corrected chi connectivity index (χ1v) is 3.80. The third-order valence-corrected chi connectivity index (χ3v) is 2.05. The number of aliphatic hydroxyl groups excluding tert-OH is 1. The summed E-state index contributed by atoms with van der Waals surface area (Å²) in [6, 6.07) is 0. The molecule has 1 nitrogen and oxygen atoms in total. The van der Waals surface area contributed by atoms with Crippen molar-refractivity contribution in [3.63, 3.8) is 0 Å². The number of aliphatic hydroxyl groups is 1. The zero-order valence-corrected chi connectivity index (χ0v) is 7.39. The molecule has 0 aromatic heterocycles. The molecule has 1 heteroatoms. The van der Waals surface area contributed by atoms with Gasteiger partial charge >= 0.3 is 0 Å². The van der Waals surface area contributed by atoms with Gasteiger partial charge in [0.2, 0.25) is 0 Å². The van der Waals surface area contributed by atoms with Crippen molar-refractivity contribution in [1.29, 1.82) is 0 Å². The van der Waals surface area contributed by atoms with Crippen LogP contribution in [0, 0.1) is 11.8 Å². The Bertz CT molecular complexity index is 116. The van der Waals surface area contributed by atoms with Crippen molar-refractivity contribution in [2.24, 2.45) is 11.8 Å². The Morgan fingerprint density at radius 1 is 1.30 bits per heavy atom. The Kier molecular flexibility index (Phi) is 3.66. The summed E-state index contributed by atoms with van der Waals surface area (Å²) in [4.78, 5) is 0. The first-order chi connectivity index (χ1) is 4.46. The molecule has 0 bridgehead atoms. The van der Waals surface area contributed by atoms with Gasteiger partial charge in [-0.15, -0.1) is 0 Å². The van der Waals surface area contributed by atoms with Gasteiger partial charge in [-0.2, -0.15) is 0 Å². The van der Waals surface area contributed by atoms with E-state index < -0.39 is 0 Å². The fourth-order valence-electron chi connectivity index (χ4n) is 0.813. The smallest absolute Gasteiger partial charge is 0.0772 e. The molecule has 0 spiro atoms. The largest absolute Gasteiger partial charge is 0.388 e. The molecule has 0 fully saturated rings. The van der Waals surface area contributed by atoms with Gasteiger partial charge in [0.05, 0.1) is 6.10 Å². The van der Waals surface area contributed by atoms with E-state index in [1.807, 2.05) is 13.8 Å². The summed E-state index contributed by atoms with van der Waals surface area (Å²) in [5.41, 5.74) is 0.862. The summed E-state index contributed by atoms with van der Waals surface area (Å²) in [6.45, 7) is 11.8. The molecule has 0 aliphatic carbocycles. The van der Waals surface area contributed by atoms with Gasteiger partial charge in [-0.1, -0.05) is 32.9 Å². The molecule has 0 radical (unpaired) electrons. The molecular formula is C9H18O. The van der Waals surface area contributed by atoms with Crippen molar-refractivity contribution < 1.29 is 5.11 Å². The van der Waals surface area contributed by atoms with Gasteiger partial charge in [-0.25, -0.2) is 0 Å². The van der Waals surface area contributed by atoms with E-state index >= 15 is 0 Å². The van der Waals surface area contributed by atoms with Crippen LogP contribution in [0.1, 0.15) is 27.7 Å². The summed E-state index contributed by atoms with van der Waals surface area (Å²) >= 11 is 0. The molecule has 0 amide bonds. The maximum absolute atomic E-state index is 9.47. The highest BCUT2D eigenvalue weighted by atomic mass is 16.3. The van der Waals surface area contributed by atoms with Gasteiger partial charge in [0.1, 0.15) is 0 Å². The highest BCUT2D eigenvalue weighted by Gasteiger charge is 2.17. The SMILES string of the molecule is C=C(C)C(O)C(C)C(C)C. The minimum absolute atomic E-state index is 0.317. The lowest BCUT2D eigenvalue weighted by molar-refractivity contribution is 0.124. The van der Waals surface area contributed by atoms with Gasteiger partial charge in [0, 0.05) is 0 Å². The fourth-order valence-corrected chi connectivity index (χ4v) is 0.813. The predicted molar refractivity (Wildman–Crippen MR) is 44.8 cm³/mol. The quantitative estimate of drug-likeness (QED) is 0.599. The van der Waals surface area contributed by atoms with Crippen LogP contribution in [0.4, 0.5) is 0 Å². The molecule has 60 valence electrons. The van der Waals surface area contributed by atoms with Gasteiger partial charge in [0.25, 0.3) is 0 Å². The Labute approximate surface area is 63.8 Å². The Morgan fingerprint density at radius 3 is 1.80 bits per heavy atom. The molecule has 0 aromatic carbocycles. The van der Waals surface area contributed by atoms with Crippen LogP contribution in [0.2, 0.25) is 0 Å². The van der Waals surface area contributed by atoms with Crippen molar-refractivity contribution in [2.45, 2.75) is 33.8 Å². The molecule has 10 heavy (non-hydrogen) atoms. The highest BCUT2D eigenvalue weighted by Crippen LogP contribution is 2.18. The molecule has 0 aliphatic rings. The van der Waals surface area contributed by atoms with E-state index in [0.29, 0.717) is 11.8 Å². The summed E-state index contributed by atoms with van der Waals surface area (Å²) in [5, 5.41) is 9.47. The van der Waals surface area contributed by atoms with Crippen LogP contribution in [0.15, 0.2) is 12.2 Å². The zero-order chi connectivity index (χ0) is 8.31.